The van der Waals surface area contributed by atoms with E-state index in [4.69, 9.17) is 5.11 Å². The van der Waals surface area contributed by atoms with Crippen molar-refractivity contribution in [1.82, 2.24) is 4.90 Å². The number of halogens is 1. The summed E-state index contributed by atoms with van der Waals surface area (Å²) in [5.41, 5.74) is 0. The fraction of sp³-hybridized carbons (Fsp3) is 0.800. The molecule has 2 saturated heterocycles. The monoisotopic (exact) mass is 247 g/mol. The van der Waals surface area contributed by atoms with Crippen molar-refractivity contribution < 1.29 is 19.1 Å². The molecule has 90 valence electrons. The van der Waals surface area contributed by atoms with Gasteiger partial charge in [0.1, 0.15) is 12.2 Å². The van der Waals surface area contributed by atoms with Crippen LogP contribution in [0.15, 0.2) is 0 Å². The fourth-order valence-corrected chi connectivity index (χ4v) is 4.25. The Labute approximate surface area is 97.2 Å². The maximum Gasteiger partial charge on any atom is 0.327 e. The zero-order chi connectivity index (χ0) is 12.2. The molecule has 0 saturated carbocycles. The summed E-state index contributed by atoms with van der Waals surface area (Å²) in [5, 5.41) is 8.80. The van der Waals surface area contributed by atoms with Crippen molar-refractivity contribution in [3.8, 4) is 0 Å². The lowest BCUT2D eigenvalue weighted by molar-refractivity contribution is -0.166. The maximum atomic E-state index is 13.2. The number of hydrogen-bond acceptors (Lipinski definition) is 3. The first-order valence-electron chi connectivity index (χ1n) is 5.14. The van der Waals surface area contributed by atoms with Gasteiger partial charge in [0, 0.05) is 4.75 Å². The van der Waals surface area contributed by atoms with E-state index < -0.39 is 28.8 Å². The number of β-lactam (4-membered cyclic amide) rings is 1. The number of aliphatic carboxylic acids is 1. The van der Waals surface area contributed by atoms with Crippen molar-refractivity contribution >= 4 is 23.6 Å². The maximum absolute atomic E-state index is 13.2. The van der Waals surface area contributed by atoms with Gasteiger partial charge in [-0.15, -0.1) is 11.8 Å². The first-order chi connectivity index (χ1) is 7.27. The zero-order valence-corrected chi connectivity index (χ0v) is 10.1. The molecule has 2 heterocycles. The van der Waals surface area contributed by atoms with E-state index in [-0.39, 0.29) is 11.3 Å². The third kappa shape index (κ3) is 1.35. The van der Waals surface area contributed by atoms with Crippen molar-refractivity contribution in [2.24, 2.45) is 5.92 Å². The Hall–Kier alpha value is -0.780. The molecule has 0 bridgehead atoms. The molecule has 0 spiro atoms. The largest absolute Gasteiger partial charge is 0.480 e. The number of carboxylic acids is 1. The third-order valence-corrected chi connectivity index (χ3v) is 4.80. The molecule has 1 unspecified atom stereocenters. The summed E-state index contributed by atoms with van der Waals surface area (Å²) in [4.78, 5) is 24.1. The van der Waals surface area contributed by atoms with E-state index in [1.165, 1.54) is 23.6 Å². The molecule has 4 nitrogen and oxygen atoms in total. The molecule has 1 amide bonds. The number of carbonyl (C=O) groups excluding carboxylic acids is 1. The minimum absolute atomic E-state index is 0.316. The number of thioether (sulfide) groups is 1. The van der Waals surface area contributed by atoms with Gasteiger partial charge >= 0.3 is 5.97 Å². The van der Waals surface area contributed by atoms with E-state index in [0.29, 0.717) is 0 Å². The second-order valence-electron chi connectivity index (χ2n) is 4.80. The molecular weight excluding hydrogens is 233 g/mol. The Morgan fingerprint density at radius 1 is 1.62 bits per heavy atom. The molecule has 0 radical (unpaired) electrons. The van der Waals surface area contributed by atoms with Crippen LogP contribution in [-0.4, -0.2) is 44.2 Å². The molecule has 16 heavy (non-hydrogen) atoms. The predicted molar refractivity (Wildman–Crippen MR) is 57.8 cm³/mol. The molecule has 2 fully saturated rings. The number of amides is 1. The zero-order valence-electron chi connectivity index (χ0n) is 9.31. The highest BCUT2D eigenvalue weighted by molar-refractivity contribution is 8.01. The van der Waals surface area contributed by atoms with E-state index in [9.17, 15) is 14.0 Å². The van der Waals surface area contributed by atoms with Gasteiger partial charge in [0.05, 0.1) is 11.3 Å². The number of fused-ring (bicyclic) bond motifs is 1. The van der Waals surface area contributed by atoms with E-state index in [1.54, 1.807) is 13.8 Å². The van der Waals surface area contributed by atoms with Gasteiger partial charge in [0.2, 0.25) is 5.91 Å². The molecule has 4 atom stereocenters. The van der Waals surface area contributed by atoms with E-state index >= 15 is 0 Å². The van der Waals surface area contributed by atoms with E-state index in [2.05, 4.69) is 0 Å². The van der Waals surface area contributed by atoms with E-state index in [0.717, 1.165) is 0 Å². The smallest absolute Gasteiger partial charge is 0.327 e. The van der Waals surface area contributed by atoms with Gasteiger partial charge < -0.3 is 10.0 Å². The van der Waals surface area contributed by atoms with E-state index in [1.807, 2.05) is 0 Å². The molecule has 0 aliphatic carbocycles. The summed E-state index contributed by atoms with van der Waals surface area (Å²) in [6.45, 7) is 4.91. The van der Waals surface area contributed by atoms with Crippen molar-refractivity contribution in [3.63, 3.8) is 0 Å². The van der Waals surface area contributed by atoms with Crippen LogP contribution in [0.1, 0.15) is 20.8 Å². The van der Waals surface area contributed by atoms with Gasteiger partial charge in [-0.05, 0) is 20.8 Å². The van der Waals surface area contributed by atoms with Crippen LogP contribution in [-0.2, 0) is 9.59 Å². The number of alkyl halides is 1. The van der Waals surface area contributed by atoms with Crippen LogP contribution in [0.5, 0.6) is 0 Å². The summed E-state index contributed by atoms with van der Waals surface area (Å²) in [6.07, 6.45) is -1.22. The summed E-state index contributed by atoms with van der Waals surface area (Å²) in [6, 6.07) is -0.843. The summed E-state index contributed by atoms with van der Waals surface area (Å²) < 4.78 is 12.6. The molecule has 2 rings (SSSR count). The van der Waals surface area contributed by atoms with Gasteiger partial charge in [-0.1, -0.05) is 0 Å². The molecule has 2 aliphatic rings. The van der Waals surface area contributed by atoms with Gasteiger partial charge in [0.25, 0.3) is 0 Å². The topological polar surface area (TPSA) is 57.6 Å². The minimum Gasteiger partial charge on any atom is -0.480 e. The number of nitrogens with zero attached hydrogens (tertiary/aromatic N) is 1. The number of rotatable bonds is 2. The molecule has 2 aliphatic heterocycles. The van der Waals surface area contributed by atoms with Gasteiger partial charge in [0.15, 0.2) is 0 Å². The lowest BCUT2D eigenvalue weighted by Crippen LogP contribution is -2.64. The molecule has 0 aromatic heterocycles. The average molecular weight is 247 g/mol. The Bertz CT molecular complexity index is 358. The Kier molecular flexibility index (Phi) is 2.45. The number of hydrogen-bond donors (Lipinski definition) is 1. The van der Waals surface area contributed by atoms with Crippen molar-refractivity contribution in [1.29, 1.82) is 0 Å². The van der Waals surface area contributed by atoms with Crippen LogP contribution in [0, 0.1) is 5.92 Å². The predicted octanol–water partition coefficient (Wildman–Crippen LogP) is 1.11. The quantitative estimate of drug-likeness (QED) is 0.743. The van der Waals surface area contributed by atoms with Crippen LogP contribution >= 0.6 is 11.8 Å². The average Bonchev–Trinajstić information content (AvgIpc) is 2.33. The second kappa shape index (κ2) is 3.35. The SMILES string of the molecule is C[C@@H](F)C1C(=O)N2[C@@H]1SC(C)(C)[C@@H]2C(=O)O. The van der Waals surface area contributed by atoms with Crippen molar-refractivity contribution in [2.75, 3.05) is 0 Å². The molecule has 1 N–H and O–H groups in total. The van der Waals surface area contributed by atoms with Crippen LogP contribution in [0.25, 0.3) is 0 Å². The second-order valence-corrected chi connectivity index (χ2v) is 6.57. The Balaban J connectivity index is 2.28. The van der Waals surface area contributed by atoms with Gasteiger partial charge in [-0.3, -0.25) is 4.79 Å². The van der Waals surface area contributed by atoms with Crippen LogP contribution in [0.2, 0.25) is 0 Å². The lowest BCUT2D eigenvalue weighted by Gasteiger charge is -2.44. The van der Waals surface area contributed by atoms with Crippen LogP contribution in [0.3, 0.4) is 0 Å². The molecule has 0 aromatic rings. The molecule has 6 heteroatoms. The van der Waals surface area contributed by atoms with Crippen molar-refractivity contribution in [3.05, 3.63) is 0 Å². The fourth-order valence-electron chi connectivity index (χ4n) is 2.46. The van der Waals surface area contributed by atoms with Crippen molar-refractivity contribution in [2.45, 2.75) is 43.1 Å². The first-order valence-corrected chi connectivity index (χ1v) is 6.02. The summed E-state index contributed by atoms with van der Waals surface area (Å²) in [7, 11) is 0. The minimum atomic E-state index is -1.22. The highest BCUT2D eigenvalue weighted by Crippen LogP contribution is 2.54. The van der Waals surface area contributed by atoms with Gasteiger partial charge in [-0.2, -0.15) is 0 Å². The molecular formula is C10H14FNO3S. The molecule has 0 aromatic carbocycles. The van der Waals surface area contributed by atoms with Crippen LogP contribution in [0.4, 0.5) is 4.39 Å². The normalized spacial score (nSPS) is 37.9. The highest BCUT2D eigenvalue weighted by Gasteiger charge is 2.64. The summed E-state index contributed by atoms with van der Waals surface area (Å²) >= 11 is 1.38. The van der Waals surface area contributed by atoms with Gasteiger partial charge in [-0.25, -0.2) is 9.18 Å². The standard InChI is InChI=1S/C10H14FNO3S/c1-4(11)5-7(13)12-6(9(14)15)10(2,3)16-8(5)12/h4-6,8H,1-3H3,(H,14,15)/t4-,5?,6+,8-/m1/s1. The lowest BCUT2D eigenvalue weighted by atomic mass is 9.89. The highest BCUT2D eigenvalue weighted by atomic mass is 32.2. The number of carboxylic acid groups (broad SMARTS) is 1. The first kappa shape index (κ1) is 11.7. The van der Waals surface area contributed by atoms with Crippen LogP contribution < -0.4 is 0 Å². The summed E-state index contributed by atoms with van der Waals surface area (Å²) in [5.74, 6) is -2.06. The number of carbonyl (C=O) groups is 2. The third-order valence-electron chi connectivity index (χ3n) is 3.21. The Morgan fingerprint density at radius 3 is 2.62 bits per heavy atom. The Morgan fingerprint density at radius 2 is 2.19 bits per heavy atom.